The lowest BCUT2D eigenvalue weighted by Gasteiger charge is -2.49. The monoisotopic (exact) mass is 339 g/mol. The third kappa shape index (κ3) is 3.18. The molecule has 0 N–H and O–H groups in total. The molecule has 5 nitrogen and oxygen atoms in total. The van der Waals surface area contributed by atoms with Gasteiger partial charge in [-0.15, -0.1) is 0 Å². The number of benzene rings is 1. The summed E-state index contributed by atoms with van der Waals surface area (Å²) in [6.45, 7) is 4.19. The van der Waals surface area contributed by atoms with Gasteiger partial charge in [0.05, 0.1) is 17.6 Å². The van der Waals surface area contributed by atoms with Crippen molar-refractivity contribution < 1.29 is 17.9 Å². The fraction of sp³-hybridized carbons (Fsp3) is 0.647. The first-order valence-corrected chi connectivity index (χ1v) is 9.59. The Morgan fingerprint density at radius 2 is 2.26 bits per heavy atom. The smallest absolute Gasteiger partial charge is 0.243 e. The summed E-state index contributed by atoms with van der Waals surface area (Å²) in [7, 11) is -1.79. The van der Waals surface area contributed by atoms with Crippen LogP contribution in [0, 0.1) is 12.3 Å². The summed E-state index contributed by atoms with van der Waals surface area (Å²) < 4.78 is 39.0. The van der Waals surface area contributed by atoms with Crippen molar-refractivity contribution in [3.8, 4) is 0 Å². The average Bonchev–Trinajstić information content (AvgIpc) is 2.54. The van der Waals surface area contributed by atoms with Crippen molar-refractivity contribution in [1.29, 1.82) is 0 Å². The van der Waals surface area contributed by atoms with Gasteiger partial charge in [-0.2, -0.15) is 4.31 Å². The summed E-state index contributed by atoms with van der Waals surface area (Å²) in [5, 5.41) is 0. The zero-order chi connectivity index (χ0) is 16.5. The van der Waals surface area contributed by atoms with Crippen LogP contribution in [0.1, 0.15) is 24.8 Å². The number of ether oxygens (including phenoxy) is 2. The maximum absolute atomic E-state index is 13.0. The number of sulfonamides is 1. The molecule has 128 valence electrons. The highest BCUT2D eigenvalue weighted by molar-refractivity contribution is 7.89. The minimum absolute atomic E-state index is 0.0974. The Hall–Kier alpha value is -0.950. The molecule has 2 heterocycles. The SMILES string of the molecule is COC[C@@]12CCCO[C@@H]1CCN(S(=O)(=O)c1cccc(C)c1)C2. The van der Waals surface area contributed by atoms with E-state index in [0.717, 1.165) is 31.4 Å². The quantitative estimate of drug-likeness (QED) is 0.844. The molecule has 2 aliphatic heterocycles. The van der Waals surface area contributed by atoms with E-state index in [9.17, 15) is 8.42 Å². The van der Waals surface area contributed by atoms with Crippen LogP contribution in [-0.4, -0.2) is 52.2 Å². The van der Waals surface area contributed by atoms with Gasteiger partial charge in [0.1, 0.15) is 0 Å². The molecular formula is C17H25NO4S. The number of nitrogens with zero attached hydrogens (tertiary/aromatic N) is 1. The molecule has 2 fully saturated rings. The van der Waals surface area contributed by atoms with Crippen LogP contribution in [0.2, 0.25) is 0 Å². The van der Waals surface area contributed by atoms with Gasteiger partial charge in [-0.05, 0) is 43.9 Å². The molecule has 0 saturated carbocycles. The highest BCUT2D eigenvalue weighted by Crippen LogP contribution is 2.41. The fourth-order valence-corrected chi connectivity index (χ4v) is 5.53. The van der Waals surface area contributed by atoms with E-state index in [1.807, 2.05) is 13.0 Å². The molecule has 2 saturated heterocycles. The van der Waals surface area contributed by atoms with Gasteiger partial charge < -0.3 is 9.47 Å². The molecule has 0 spiro atoms. The molecule has 1 aromatic rings. The van der Waals surface area contributed by atoms with Crippen molar-refractivity contribution in [3.63, 3.8) is 0 Å². The summed E-state index contributed by atoms with van der Waals surface area (Å²) in [6.07, 6.45) is 2.73. The first-order chi connectivity index (χ1) is 11.0. The first-order valence-electron chi connectivity index (χ1n) is 8.15. The third-order valence-corrected chi connectivity index (χ3v) is 6.85. The summed E-state index contributed by atoms with van der Waals surface area (Å²) in [6, 6.07) is 7.12. The lowest BCUT2D eigenvalue weighted by molar-refractivity contribution is -0.137. The van der Waals surface area contributed by atoms with Gasteiger partial charge in [-0.1, -0.05) is 12.1 Å². The molecule has 23 heavy (non-hydrogen) atoms. The Bertz CT molecular complexity index is 656. The lowest BCUT2D eigenvalue weighted by atomic mass is 9.73. The Balaban J connectivity index is 1.89. The van der Waals surface area contributed by atoms with Crippen molar-refractivity contribution in [2.75, 3.05) is 33.4 Å². The van der Waals surface area contributed by atoms with Crippen LogP contribution in [0.3, 0.4) is 0 Å². The van der Waals surface area contributed by atoms with Gasteiger partial charge in [-0.25, -0.2) is 8.42 Å². The molecule has 2 aliphatic rings. The normalized spacial score (nSPS) is 29.2. The second kappa shape index (κ2) is 6.51. The summed E-state index contributed by atoms with van der Waals surface area (Å²) in [5.74, 6) is 0. The molecule has 0 amide bonds. The Labute approximate surface area is 138 Å². The van der Waals surface area contributed by atoms with Crippen molar-refractivity contribution in [1.82, 2.24) is 4.31 Å². The van der Waals surface area contributed by atoms with E-state index in [1.165, 1.54) is 0 Å². The van der Waals surface area contributed by atoms with Crippen LogP contribution in [0.25, 0.3) is 0 Å². The second-order valence-electron chi connectivity index (χ2n) is 6.70. The Morgan fingerprint density at radius 3 is 3.00 bits per heavy atom. The zero-order valence-electron chi connectivity index (χ0n) is 13.8. The molecule has 0 radical (unpaired) electrons. The van der Waals surface area contributed by atoms with Crippen molar-refractivity contribution in [3.05, 3.63) is 29.8 Å². The topological polar surface area (TPSA) is 55.8 Å². The molecule has 1 aromatic carbocycles. The van der Waals surface area contributed by atoms with E-state index in [2.05, 4.69) is 0 Å². The van der Waals surface area contributed by atoms with Crippen molar-refractivity contribution in [2.24, 2.45) is 5.41 Å². The Kier molecular flexibility index (Phi) is 4.78. The molecular weight excluding hydrogens is 314 g/mol. The minimum Gasteiger partial charge on any atom is -0.384 e. The molecule has 0 unspecified atom stereocenters. The standard InChI is InChI=1S/C17H25NO4S/c1-14-5-3-6-15(11-14)23(19,20)18-9-7-16-17(12-18,13-21-2)8-4-10-22-16/h3,5-6,11,16H,4,7-10,12-13H2,1-2H3/t16-,17+/m1/s1. The predicted octanol–water partition coefficient (Wildman–Crippen LogP) is 2.20. The molecule has 3 rings (SSSR count). The van der Waals surface area contributed by atoms with Crippen LogP contribution in [0.5, 0.6) is 0 Å². The van der Waals surface area contributed by atoms with Gasteiger partial charge in [-0.3, -0.25) is 0 Å². The van der Waals surface area contributed by atoms with Gasteiger partial charge in [0.2, 0.25) is 10.0 Å². The van der Waals surface area contributed by atoms with Gasteiger partial charge in [0.15, 0.2) is 0 Å². The van der Waals surface area contributed by atoms with Gasteiger partial charge >= 0.3 is 0 Å². The molecule has 0 aliphatic carbocycles. The van der Waals surface area contributed by atoms with Crippen LogP contribution >= 0.6 is 0 Å². The van der Waals surface area contributed by atoms with Gasteiger partial charge in [0.25, 0.3) is 0 Å². The van der Waals surface area contributed by atoms with Crippen LogP contribution in [0.4, 0.5) is 0 Å². The molecule has 0 aromatic heterocycles. The van der Waals surface area contributed by atoms with E-state index in [1.54, 1.807) is 29.6 Å². The predicted molar refractivity (Wildman–Crippen MR) is 87.8 cm³/mol. The van der Waals surface area contributed by atoms with Crippen LogP contribution in [-0.2, 0) is 19.5 Å². The number of piperidine rings is 1. The molecule has 0 bridgehead atoms. The number of methoxy groups -OCH3 is 1. The summed E-state index contributed by atoms with van der Waals surface area (Å²) in [5.41, 5.74) is 0.732. The first kappa shape index (κ1) is 16.9. The zero-order valence-corrected chi connectivity index (χ0v) is 14.6. The maximum atomic E-state index is 13.0. The van der Waals surface area contributed by atoms with Crippen LogP contribution in [0.15, 0.2) is 29.2 Å². The van der Waals surface area contributed by atoms with Crippen molar-refractivity contribution in [2.45, 2.75) is 37.2 Å². The minimum atomic E-state index is -3.47. The largest absolute Gasteiger partial charge is 0.384 e. The third-order valence-electron chi connectivity index (χ3n) is 5.01. The van der Waals surface area contributed by atoms with E-state index in [4.69, 9.17) is 9.47 Å². The van der Waals surface area contributed by atoms with E-state index < -0.39 is 10.0 Å². The molecule has 2 atom stereocenters. The molecule has 6 heteroatoms. The lowest BCUT2D eigenvalue weighted by Crippen LogP contribution is -2.57. The number of hydrogen-bond donors (Lipinski definition) is 0. The van der Waals surface area contributed by atoms with Gasteiger partial charge in [0, 0.05) is 32.2 Å². The average molecular weight is 339 g/mol. The number of hydrogen-bond acceptors (Lipinski definition) is 4. The van der Waals surface area contributed by atoms with E-state index in [-0.39, 0.29) is 11.5 Å². The number of aryl methyl sites for hydroxylation is 1. The fourth-order valence-electron chi connectivity index (χ4n) is 3.88. The highest BCUT2D eigenvalue weighted by atomic mass is 32.2. The number of fused-ring (bicyclic) bond motifs is 1. The van der Waals surface area contributed by atoms with E-state index >= 15 is 0 Å². The summed E-state index contributed by atoms with van der Waals surface area (Å²) >= 11 is 0. The van der Waals surface area contributed by atoms with E-state index in [0.29, 0.717) is 24.6 Å². The number of rotatable bonds is 4. The second-order valence-corrected chi connectivity index (χ2v) is 8.64. The highest BCUT2D eigenvalue weighted by Gasteiger charge is 2.48. The van der Waals surface area contributed by atoms with Crippen LogP contribution < -0.4 is 0 Å². The Morgan fingerprint density at radius 1 is 1.43 bits per heavy atom. The summed E-state index contributed by atoms with van der Waals surface area (Å²) in [4.78, 5) is 0.375. The van der Waals surface area contributed by atoms with Crippen molar-refractivity contribution >= 4 is 10.0 Å². The maximum Gasteiger partial charge on any atom is 0.243 e.